The molecule has 1 heterocycles. The third-order valence-electron chi connectivity index (χ3n) is 4.02. The van der Waals surface area contributed by atoms with Crippen molar-refractivity contribution >= 4 is 16.8 Å². The Morgan fingerprint density at radius 3 is 2.68 bits per heavy atom. The first kappa shape index (κ1) is 17.0. The molecule has 130 valence electrons. The molecule has 1 amide bonds. The van der Waals surface area contributed by atoms with Crippen molar-refractivity contribution in [3.05, 3.63) is 59.8 Å². The fourth-order valence-corrected chi connectivity index (χ4v) is 2.90. The van der Waals surface area contributed by atoms with Crippen LogP contribution in [0.2, 0.25) is 0 Å². The number of aryl methyl sites for hydroxylation is 1. The zero-order valence-electron chi connectivity index (χ0n) is 14.7. The zero-order valence-corrected chi connectivity index (χ0v) is 14.7. The van der Waals surface area contributed by atoms with Gasteiger partial charge in [-0.15, -0.1) is 0 Å². The highest BCUT2D eigenvalue weighted by Gasteiger charge is 2.14. The molecule has 0 aliphatic heterocycles. The van der Waals surface area contributed by atoms with Gasteiger partial charge in [0.15, 0.2) is 0 Å². The van der Waals surface area contributed by atoms with Gasteiger partial charge in [-0.25, -0.2) is 0 Å². The Hall–Kier alpha value is -2.82. The molecule has 0 saturated heterocycles. The van der Waals surface area contributed by atoms with Gasteiger partial charge in [-0.1, -0.05) is 37.3 Å². The molecule has 2 aromatic carbocycles. The van der Waals surface area contributed by atoms with Crippen LogP contribution in [0.3, 0.4) is 0 Å². The van der Waals surface area contributed by atoms with Crippen molar-refractivity contribution in [1.29, 1.82) is 0 Å². The number of rotatable bonds is 7. The Morgan fingerprint density at radius 2 is 1.88 bits per heavy atom. The molecule has 1 aromatic heterocycles. The molecule has 0 fully saturated rings. The van der Waals surface area contributed by atoms with E-state index in [9.17, 15) is 4.79 Å². The van der Waals surface area contributed by atoms with Crippen LogP contribution in [0.1, 0.15) is 36.3 Å². The largest absolute Gasteiger partial charge is 0.493 e. The monoisotopic (exact) mass is 337 g/mol. The second-order valence-corrected chi connectivity index (χ2v) is 5.80. The Morgan fingerprint density at radius 1 is 1.12 bits per heavy atom. The highest BCUT2D eigenvalue weighted by molar-refractivity contribution is 5.97. The predicted molar refractivity (Wildman–Crippen MR) is 98.8 cm³/mol. The number of benzene rings is 2. The molecule has 25 heavy (non-hydrogen) atoms. The lowest BCUT2D eigenvalue weighted by molar-refractivity contribution is 0.0946. The number of carbonyl (C=O) groups is 1. The third kappa shape index (κ3) is 3.65. The average Bonchev–Trinajstić information content (AvgIpc) is 2.99. The van der Waals surface area contributed by atoms with Crippen LogP contribution >= 0.6 is 0 Å². The van der Waals surface area contributed by atoms with E-state index in [1.54, 1.807) is 6.07 Å². The van der Waals surface area contributed by atoms with Crippen molar-refractivity contribution in [3.8, 4) is 5.75 Å². The maximum Gasteiger partial charge on any atom is 0.255 e. The van der Waals surface area contributed by atoms with E-state index in [1.807, 2.05) is 48.0 Å². The summed E-state index contributed by atoms with van der Waals surface area (Å²) in [6.07, 6.45) is 1.01. The predicted octanol–water partition coefficient (Wildman–Crippen LogP) is 3.78. The molecule has 1 N–H and O–H groups in total. The minimum absolute atomic E-state index is 0.154. The summed E-state index contributed by atoms with van der Waals surface area (Å²) in [5.74, 6) is 0.446. The summed E-state index contributed by atoms with van der Waals surface area (Å²) in [7, 11) is 0. The second-order valence-electron chi connectivity index (χ2n) is 5.80. The van der Waals surface area contributed by atoms with Crippen molar-refractivity contribution < 1.29 is 9.53 Å². The van der Waals surface area contributed by atoms with Crippen LogP contribution in [-0.2, 0) is 13.1 Å². The lowest BCUT2D eigenvalue weighted by Gasteiger charge is -2.09. The van der Waals surface area contributed by atoms with E-state index in [0.29, 0.717) is 24.5 Å². The summed E-state index contributed by atoms with van der Waals surface area (Å²) in [6.45, 7) is 5.80. The number of para-hydroxylation sites is 2. The Bertz CT molecular complexity index is 870. The van der Waals surface area contributed by atoms with Gasteiger partial charge in [0.25, 0.3) is 5.91 Å². The van der Waals surface area contributed by atoms with Gasteiger partial charge in [0.05, 0.1) is 29.9 Å². The van der Waals surface area contributed by atoms with Crippen LogP contribution in [-0.4, -0.2) is 22.3 Å². The van der Waals surface area contributed by atoms with Gasteiger partial charge in [-0.2, -0.15) is 5.10 Å². The first-order valence-corrected chi connectivity index (χ1v) is 8.69. The maximum absolute atomic E-state index is 12.6. The van der Waals surface area contributed by atoms with Gasteiger partial charge in [-0.3, -0.25) is 9.48 Å². The molecule has 5 heteroatoms. The van der Waals surface area contributed by atoms with Crippen LogP contribution in [0.25, 0.3) is 10.9 Å². The SMILES string of the molecule is CCCn1nc(CNC(=O)c2ccccc2OCC)c2ccccc21. The molecule has 0 atom stereocenters. The number of hydrogen-bond donors (Lipinski definition) is 1. The van der Waals surface area contributed by atoms with E-state index >= 15 is 0 Å². The van der Waals surface area contributed by atoms with E-state index in [1.165, 1.54) is 0 Å². The minimum Gasteiger partial charge on any atom is -0.493 e. The lowest BCUT2D eigenvalue weighted by atomic mass is 10.1. The van der Waals surface area contributed by atoms with E-state index in [2.05, 4.69) is 23.4 Å². The number of nitrogens with one attached hydrogen (secondary N) is 1. The fraction of sp³-hybridized carbons (Fsp3) is 0.300. The second kappa shape index (κ2) is 7.83. The van der Waals surface area contributed by atoms with Gasteiger partial charge in [0.1, 0.15) is 5.75 Å². The van der Waals surface area contributed by atoms with Gasteiger partial charge in [-0.05, 0) is 31.5 Å². The number of carbonyl (C=O) groups excluding carboxylic acids is 1. The Kier molecular flexibility index (Phi) is 5.33. The summed E-state index contributed by atoms with van der Waals surface area (Å²) < 4.78 is 7.54. The third-order valence-corrected chi connectivity index (χ3v) is 4.02. The Balaban J connectivity index is 1.80. The fourth-order valence-electron chi connectivity index (χ4n) is 2.90. The molecule has 0 bridgehead atoms. The van der Waals surface area contributed by atoms with Crippen LogP contribution in [0, 0.1) is 0 Å². The van der Waals surface area contributed by atoms with E-state index in [0.717, 1.165) is 29.6 Å². The molecular formula is C20H23N3O2. The van der Waals surface area contributed by atoms with Crippen molar-refractivity contribution in [2.24, 2.45) is 0 Å². The highest BCUT2D eigenvalue weighted by Crippen LogP contribution is 2.20. The lowest BCUT2D eigenvalue weighted by Crippen LogP contribution is -2.24. The highest BCUT2D eigenvalue weighted by atomic mass is 16.5. The standard InChI is InChI=1S/C20H23N3O2/c1-3-13-23-18-11-7-5-9-15(18)17(22-23)14-21-20(24)16-10-6-8-12-19(16)25-4-2/h5-12H,3-4,13-14H2,1-2H3,(H,21,24). The van der Waals surface area contributed by atoms with Crippen LogP contribution < -0.4 is 10.1 Å². The molecule has 0 radical (unpaired) electrons. The molecular weight excluding hydrogens is 314 g/mol. The summed E-state index contributed by atoms with van der Waals surface area (Å²) >= 11 is 0. The summed E-state index contributed by atoms with van der Waals surface area (Å²) in [5, 5.41) is 8.72. The maximum atomic E-state index is 12.6. The van der Waals surface area contributed by atoms with Gasteiger partial charge in [0.2, 0.25) is 0 Å². The normalized spacial score (nSPS) is 10.8. The first-order chi connectivity index (χ1) is 12.2. The summed E-state index contributed by atoms with van der Waals surface area (Å²) in [4.78, 5) is 12.6. The molecule has 0 aliphatic carbocycles. The van der Waals surface area contributed by atoms with Crippen molar-refractivity contribution in [3.63, 3.8) is 0 Å². The van der Waals surface area contributed by atoms with Gasteiger partial charge in [0, 0.05) is 11.9 Å². The van der Waals surface area contributed by atoms with Crippen molar-refractivity contribution in [2.75, 3.05) is 6.61 Å². The number of ether oxygens (including phenoxy) is 1. The van der Waals surface area contributed by atoms with Gasteiger partial charge >= 0.3 is 0 Å². The van der Waals surface area contributed by atoms with Gasteiger partial charge < -0.3 is 10.1 Å². The van der Waals surface area contributed by atoms with E-state index in [-0.39, 0.29) is 5.91 Å². The minimum atomic E-state index is -0.154. The summed E-state index contributed by atoms with van der Waals surface area (Å²) in [6, 6.07) is 15.4. The zero-order chi connectivity index (χ0) is 17.6. The molecule has 0 saturated carbocycles. The van der Waals surface area contributed by atoms with Crippen LogP contribution in [0.15, 0.2) is 48.5 Å². The molecule has 3 rings (SSSR count). The molecule has 0 unspecified atom stereocenters. The topological polar surface area (TPSA) is 56.2 Å². The van der Waals surface area contributed by atoms with Crippen molar-refractivity contribution in [2.45, 2.75) is 33.4 Å². The molecule has 3 aromatic rings. The first-order valence-electron chi connectivity index (χ1n) is 8.69. The van der Waals surface area contributed by atoms with Crippen molar-refractivity contribution in [1.82, 2.24) is 15.1 Å². The van der Waals surface area contributed by atoms with E-state index < -0.39 is 0 Å². The Labute approximate surface area is 147 Å². The molecule has 0 aliphatic rings. The number of nitrogens with zero attached hydrogens (tertiary/aromatic N) is 2. The molecule has 5 nitrogen and oxygen atoms in total. The molecule has 0 spiro atoms. The number of amides is 1. The van der Waals surface area contributed by atoms with Crippen LogP contribution in [0.4, 0.5) is 0 Å². The number of fused-ring (bicyclic) bond motifs is 1. The van der Waals surface area contributed by atoms with Crippen LogP contribution in [0.5, 0.6) is 5.75 Å². The number of aromatic nitrogens is 2. The number of hydrogen-bond acceptors (Lipinski definition) is 3. The van der Waals surface area contributed by atoms with E-state index in [4.69, 9.17) is 4.74 Å². The smallest absolute Gasteiger partial charge is 0.255 e. The average molecular weight is 337 g/mol. The quantitative estimate of drug-likeness (QED) is 0.714. The summed E-state index contributed by atoms with van der Waals surface area (Å²) in [5.41, 5.74) is 2.52.